The van der Waals surface area contributed by atoms with Crippen molar-refractivity contribution in [1.82, 2.24) is 4.98 Å². The zero-order chi connectivity index (χ0) is 11.1. The summed E-state index contributed by atoms with van der Waals surface area (Å²) in [6.45, 7) is 0. The second-order valence-electron chi connectivity index (χ2n) is 2.50. The van der Waals surface area contributed by atoms with Crippen LogP contribution >= 0.6 is 0 Å². The highest BCUT2D eigenvalue weighted by Crippen LogP contribution is 1.99. The first-order valence-electron chi connectivity index (χ1n) is 4.03. The Morgan fingerprint density at radius 3 is 2.73 bits per heavy atom. The molecule has 15 heavy (non-hydrogen) atoms. The van der Waals surface area contributed by atoms with Gasteiger partial charge in [0.2, 0.25) is 0 Å². The van der Waals surface area contributed by atoms with E-state index in [-0.39, 0.29) is 11.4 Å². The zero-order valence-electron chi connectivity index (χ0n) is 7.75. The highest BCUT2D eigenvalue weighted by atomic mass is 14.8. The lowest BCUT2D eigenvalue weighted by atomic mass is 10.3. The van der Waals surface area contributed by atoms with E-state index in [1.165, 1.54) is 6.21 Å². The number of hydrogen-bond acceptors (Lipinski definition) is 5. The molecule has 0 aliphatic rings. The average molecular weight is 197 g/mol. The molecule has 0 atom stereocenters. The van der Waals surface area contributed by atoms with Crippen molar-refractivity contribution >= 4 is 6.21 Å². The number of pyridine rings is 1. The van der Waals surface area contributed by atoms with Crippen molar-refractivity contribution in [2.45, 2.75) is 0 Å². The Hall–Kier alpha value is -2.66. The van der Waals surface area contributed by atoms with Gasteiger partial charge in [-0.2, -0.15) is 10.5 Å². The highest BCUT2D eigenvalue weighted by Gasteiger charge is 1.98. The molecule has 1 rings (SSSR count). The van der Waals surface area contributed by atoms with E-state index in [0.29, 0.717) is 5.69 Å². The van der Waals surface area contributed by atoms with Gasteiger partial charge in [0.25, 0.3) is 0 Å². The van der Waals surface area contributed by atoms with Gasteiger partial charge in [-0.3, -0.25) is 4.98 Å². The first-order chi connectivity index (χ1) is 7.27. The summed E-state index contributed by atoms with van der Waals surface area (Å²) in [6.07, 6.45) is 2.98. The topological polar surface area (TPSA) is 98.8 Å². The second-order valence-corrected chi connectivity index (χ2v) is 2.50. The molecule has 1 aromatic heterocycles. The second kappa shape index (κ2) is 5.15. The third-order valence-corrected chi connectivity index (χ3v) is 1.50. The average Bonchev–Trinajstić information content (AvgIpc) is 2.31. The molecule has 0 amide bonds. The van der Waals surface area contributed by atoms with E-state index in [9.17, 15) is 0 Å². The molecule has 0 saturated carbocycles. The number of rotatable bonds is 2. The fourth-order valence-corrected chi connectivity index (χ4v) is 0.795. The zero-order valence-corrected chi connectivity index (χ0v) is 7.75. The molecule has 0 fully saturated rings. The molecule has 72 valence electrons. The quantitative estimate of drug-likeness (QED) is 0.557. The summed E-state index contributed by atoms with van der Waals surface area (Å²) < 4.78 is 0. The molecule has 2 N–H and O–H groups in total. The van der Waals surface area contributed by atoms with Gasteiger partial charge < -0.3 is 5.73 Å². The van der Waals surface area contributed by atoms with Crippen LogP contribution in [0.3, 0.4) is 0 Å². The number of aromatic nitrogens is 1. The lowest BCUT2D eigenvalue weighted by molar-refractivity contribution is 1.25. The number of aliphatic imine (C=N–C) groups is 1. The maximum absolute atomic E-state index is 8.63. The Labute approximate surface area is 86.8 Å². The van der Waals surface area contributed by atoms with E-state index in [2.05, 4.69) is 9.98 Å². The van der Waals surface area contributed by atoms with Gasteiger partial charge in [-0.15, -0.1) is 0 Å². The molecule has 0 unspecified atom stereocenters. The normalized spacial score (nSPS) is 11.6. The van der Waals surface area contributed by atoms with Gasteiger partial charge in [0.1, 0.15) is 17.8 Å². The maximum Gasteiger partial charge on any atom is 0.174 e. The first kappa shape index (κ1) is 10.4. The van der Waals surface area contributed by atoms with Gasteiger partial charge in [0, 0.05) is 6.20 Å². The van der Waals surface area contributed by atoms with Crippen LogP contribution < -0.4 is 5.73 Å². The molecule has 0 radical (unpaired) electrons. The number of allylic oxidation sites excluding steroid dienone is 2. The fourth-order valence-electron chi connectivity index (χ4n) is 0.795. The summed E-state index contributed by atoms with van der Waals surface area (Å²) in [5.41, 5.74) is 5.54. The molecule has 1 aromatic rings. The van der Waals surface area contributed by atoms with Crippen LogP contribution in [0.25, 0.3) is 0 Å². The van der Waals surface area contributed by atoms with Crippen LogP contribution in [0, 0.1) is 22.7 Å². The van der Waals surface area contributed by atoms with E-state index in [1.54, 1.807) is 36.5 Å². The highest BCUT2D eigenvalue weighted by molar-refractivity contribution is 5.78. The summed E-state index contributed by atoms with van der Waals surface area (Å²) in [7, 11) is 0. The van der Waals surface area contributed by atoms with Crippen LogP contribution in [0.5, 0.6) is 0 Å². The van der Waals surface area contributed by atoms with E-state index < -0.39 is 0 Å². The standard InChI is InChI=1S/C10H7N5/c11-5-9(13)10(6-12)15-7-8-3-1-2-4-14-8/h1-4,7H,13H2/b10-9-,15-7?. The van der Waals surface area contributed by atoms with E-state index in [0.717, 1.165) is 0 Å². The van der Waals surface area contributed by atoms with Crippen molar-refractivity contribution in [2.75, 3.05) is 0 Å². The molecule has 5 nitrogen and oxygen atoms in total. The lowest BCUT2D eigenvalue weighted by Crippen LogP contribution is -1.97. The molecule has 5 heteroatoms. The summed E-state index contributed by atoms with van der Waals surface area (Å²) in [5, 5.41) is 17.1. The van der Waals surface area contributed by atoms with Gasteiger partial charge in [-0.1, -0.05) is 6.07 Å². The summed E-state index contributed by atoms with van der Waals surface area (Å²) in [4.78, 5) is 7.73. The van der Waals surface area contributed by atoms with Gasteiger partial charge >= 0.3 is 0 Å². The Morgan fingerprint density at radius 2 is 2.20 bits per heavy atom. The molecule has 0 aliphatic heterocycles. The molecule has 0 aliphatic carbocycles. The fraction of sp³-hybridized carbons (Fsp3) is 0. The number of nitriles is 2. The minimum Gasteiger partial charge on any atom is -0.388 e. The van der Waals surface area contributed by atoms with Crippen LogP contribution in [-0.2, 0) is 0 Å². The predicted octanol–water partition coefficient (Wildman–Crippen LogP) is 0.718. The first-order valence-corrected chi connectivity index (χ1v) is 4.03. The predicted molar refractivity (Wildman–Crippen MR) is 54.3 cm³/mol. The molecule has 0 spiro atoms. The van der Waals surface area contributed by atoms with Crippen molar-refractivity contribution in [2.24, 2.45) is 10.7 Å². The monoisotopic (exact) mass is 197 g/mol. The van der Waals surface area contributed by atoms with Gasteiger partial charge in [-0.05, 0) is 12.1 Å². The van der Waals surface area contributed by atoms with E-state index >= 15 is 0 Å². The minimum atomic E-state index is -0.204. The Balaban J connectivity index is 2.93. The van der Waals surface area contributed by atoms with E-state index in [4.69, 9.17) is 16.3 Å². The van der Waals surface area contributed by atoms with E-state index in [1.807, 2.05) is 0 Å². The molecular formula is C10H7N5. The van der Waals surface area contributed by atoms with Crippen LogP contribution in [0.15, 0.2) is 40.8 Å². The summed E-state index contributed by atoms with van der Waals surface area (Å²) >= 11 is 0. The molecule has 1 heterocycles. The van der Waals surface area contributed by atoms with Crippen molar-refractivity contribution in [3.63, 3.8) is 0 Å². The Bertz CT molecular complexity index is 473. The van der Waals surface area contributed by atoms with Crippen LogP contribution in [0.2, 0.25) is 0 Å². The van der Waals surface area contributed by atoms with Gasteiger partial charge in [0.05, 0.1) is 11.9 Å². The third-order valence-electron chi connectivity index (χ3n) is 1.50. The maximum atomic E-state index is 8.63. The summed E-state index contributed by atoms with van der Waals surface area (Å²) in [6, 6.07) is 8.66. The van der Waals surface area contributed by atoms with Crippen molar-refractivity contribution in [3.05, 3.63) is 41.5 Å². The Morgan fingerprint density at radius 1 is 1.40 bits per heavy atom. The third kappa shape index (κ3) is 2.94. The van der Waals surface area contributed by atoms with Gasteiger partial charge in [-0.25, -0.2) is 4.99 Å². The number of nitrogens with two attached hydrogens (primary N) is 1. The minimum absolute atomic E-state index is 0.108. The molecule has 0 aromatic carbocycles. The number of hydrogen-bond donors (Lipinski definition) is 1. The van der Waals surface area contributed by atoms with Crippen LogP contribution in [0.4, 0.5) is 0 Å². The van der Waals surface area contributed by atoms with Gasteiger partial charge in [0.15, 0.2) is 5.70 Å². The smallest absolute Gasteiger partial charge is 0.174 e. The van der Waals surface area contributed by atoms with Crippen molar-refractivity contribution in [1.29, 1.82) is 10.5 Å². The largest absolute Gasteiger partial charge is 0.388 e. The summed E-state index contributed by atoms with van der Waals surface area (Å²) in [5.74, 6) is 0. The van der Waals surface area contributed by atoms with Crippen LogP contribution in [-0.4, -0.2) is 11.2 Å². The number of nitrogens with zero attached hydrogens (tertiary/aromatic N) is 4. The molecule has 0 bridgehead atoms. The Kier molecular flexibility index (Phi) is 3.58. The SMILES string of the molecule is N#C/C(N)=C(\C#N)N=Cc1ccccn1. The molecule has 0 saturated heterocycles. The van der Waals surface area contributed by atoms with Crippen molar-refractivity contribution in [3.8, 4) is 12.1 Å². The van der Waals surface area contributed by atoms with Crippen molar-refractivity contribution < 1.29 is 0 Å². The van der Waals surface area contributed by atoms with Crippen LogP contribution in [0.1, 0.15) is 5.69 Å². The molecular weight excluding hydrogens is 190 g/mol. The lowest BCUT2D eigenvalue weighted by Gasteiger charge is -1.91.